The van der Waals surface area contributed by atoms with E-state index in [0.717, 1.165) is 4.88 Å². The molecule has 1 unspecified atom stereocenters. The second-order valence-electron chi connectivity index (χ2n) is 3.60. The number of aliphatic hydroxyl groups excluding tert-OH is 1. The molecule has 2 aromatic rings. The molecule has 17 heavy (non-hydrogen) atoms. The maximum atomic E-state index is 13.6. The lowest BCUT2D eigenvalue weighted by Gasteiger charge is -2.09. The van der Waals surface area contributed by atoms with E-state index in [9.17, 15) is 9.50 Å². The van der Waals surface area contributed by atoms with Crippen LogP contribution in [0.2, 0.25) is 4.34 Å². The molecule has 1 heterocycles. The summed E-state index contributed by atoms with van der Waals surface area (Å²) >= 11 is 10.3. The largest absolute Gasteiger partial charge is 0.387 e. The molecular weight excluding hydrogens is 327 g/mol. The van der Waals surface area contributed by atoms with Crippen molar-refractivity contribution in [3.63, 3.8) is 0 Å². The van der Waals surface area contributed by atoms with Gasteiger partial charge in [-0.2, -0.15) is 0 Å². The SMILES string of the molecule is OC(Cc1ccc(Br)cc1F)c1ccc(Cl)s1. The Morgan fingerprint density at radius 3 is 2.71 bits per heavy atom. The molecule has 90 valence electrons. The molecule has 0 bridgehead atoms. The van der Waals surface area contributed by atoms with Crippen molar-refractivity contribution in [2.45, 2.75) is 12.5 Å². The van der Waals surface area contributed by atoms with Crippen LogP contribution in [0, 0.1) is 5.82 Å². The molecule has 1 aromatic heterocycles. The van der Waals surface area contributed by atoms with Crippen molar-refractivity contribution in [2.75, 3.05) is 0 Å². The normalized spacial score (nSPS) is 12.7. The highest BCUT2D eigenvalue weighted by Crippen LogP contribution is 2.29. The smallest absolute Gasteiger partial charge is 0.127 e. The Kier molecular flexibility index (Phi) is 4.20. The van der Waals surface area contributed by atoms with E-state index in [1.54, 1.807) is 24.3 Å². The van der Waals surface area contributed by atoms with Gasteiger partial charge in [0, 0.05) is 15.8 Å². The fraction of sp³-hybridized carbons (Fsp3) is 0.167. The van der Waals surface area contributed by atoms with E-state index in [4.69, 9.17) is 11.6 Å². The standard InChI is InChI=1S/C12H9BrClFOS/c13-8-2-1-7(9(15)6-8)5-10(16)11-3-4-12(14)17-11/h1-4,6,10,16H,5H2. The van der Waals surface area contributed by atoms with E-state index in [1.807, 2.05) is 0 Å². The second-order valence-corrected chi connectivity index (χ2v) is 6.26. The van der Waals surface area contributed by atoms with Gasteiger partial charge in [0.05, 0.1) is 10.4 Å². The van der Waals surface area contributed by atoms with E-state index < -0.39 is 6.10 Å². The zero-order valence-corrected chi connectivity index (χ0v) is 11.8. The highest BCUT2D eigenvalue weighted by Gasteiger charge is 2.13. The molecule has 1 aromatic carbocycles. The lowest BCUT2D eigenvalue weighted by molar-refractivity contribution is 0.181. The number of hydrogen-bond acceptors (Lipinski definition) is 2. The van der Waals surface area contributed by atoms with Crippen LogP contribution >= 0.6 is 38.9 Å². The Morgan fingerprint density at radius 1 is 1.35 bits per heavy atom. The Bertz CT molecular complexity index is 529. The minimum atomic E-state index is -0.719. The van der Waals surface area contributed by atoms with Gasteiger partial charge in [0.25, 0.3) is 0 Å². The van der Waals surface area contributed by atoms with Crippen molar-refractivity contribution >= 4 is 38.9 Å². The molecule has 0 aliphatic rings. The predicted octanol–water partition coefficient (Wildman–Crippen LogP) is 4.58. The average Bonchev–Trinajstić information content (AvgIpc) is 2.69. The third-order valence-corrected chi connectivity index (χ3v) is 4.18. The Labute approximate surface area is 116 Å². The molecule has 0 spiro atoms. The number of rotatable bonds is 3. The summed E-state index contributed by atoms with van der Waals surface area (Å²) in [5, 5.41) is 9.95. The van der Waals surface area contributed by atoms with E-state index in [-0.39, 0.29) is 12.2 Å². The first-order valence-electron chi connectivity index (χ1n) is 4.93. The summed E-state index contributed by atoms with van der Waals surface area (Å²) < 4.78 is 14.9. The van der Waals surface area contributed by atoms with Crippen LogP contribution in [0.5, 0.6) is 0 Å². The maximum absolute atomic E-state index is 13.6. The molecule has 1 N–H and O–H groups in total. The zero-order chi connectivity index (χ0) is 12.4. The molecule has 0 aliphatic carbocycles. The quantitative estimate of drug-likeness (QED) is 0.870. The van der Waals surface area contributed by atoms with Gasteiger partial charge >= 0.3 is 0 Å². The van der Waals surface area contributed by atoms with Gasteiger partial charge < -0.3 is 5.11 Å². The topological polar surface area (TPSA) is 20.2 Å². The maximum Gasteiger partial charge on any atom is 0.127 e. The van der Waals surface area contributed by atoms with Crippen LogP contribution in [0.3, 0.4) is 0 Å². The van der Waals surface area contributed by atoms with Crippen molar-refractivity contribution in [3.05, 3.63) is 55.4 Å². The van der Waals surface area contributed by atoms with Crippen LogP contribution in [-0.4, -0.2) is 5.11 Å². The van der Waals surface area contributed by atoms with Crippen molar-refractivity contribution in [1.82, 2.24) is 0 Å². The minimum absolute atomic E-state index is 0.246. The molecule has 1 nitrogen and oxygen atoms in total. The Hall–Kier alpha value is -0.420. The summed E-state index contributed by atoms with van der Waals surface area (Å²) in [6.07, 6.45) is -0.473. The number of halogens is 3. The van der Waals surface area contributed by atoms with Crippen LogP contribution in [0.1, 0.15) is 16.5 Å². The fourth-order valence-corrected chi connectivity index (χ4v) is 2.88. The first-order valence-corrected chi connectivity index (χ1v) is 6.92. The number of benzene rings is 1. The molecular formula is C12H9BrClFOS. The summed E-state index contributed by atoms with van der Waals surface area (Å²) in [6.45, 7) is 0. The highest BCUT2D eigenvalue weighted by atomic mass is 79.9. The van der Waals surface area contributed by atoms with E-state index in [0.29, 0.717) is 14.4 Å². The summed E-state index contributed by atoms with van der Waals surface area (Å²) in [5.74, 6) is -0.318. The molecule has 5 heteroatoms. The zero-order valence-electron chi connectivity index (χ0n) is 8.66. The highest BCUT2D eigenvalue weighted by molar-refractivity contribution is 9.10. The van der Waals surface area contributed by atoms with Crippen LogP contribution in [0.4, 0.5) is 4.39 Å². The third kappa shape index (κ3) is 3.28. The van der Waals surface area contributed by atoms with Crippen LogP contribution in [0.25, 0.3) is 0 Å². The molecule has 0 amide bonds. The van der Waals surface area contributed by atoms with E-state index in [1.165, 1.54) is 17.4 Å². The second kappa shape index (κ2) is 5.48. The Morgan fingerprint density at radius 2 is 2.12 bits per heavy atom. The van der Waals surface area contributed by atoms with Gasteiger partial charge in [-0.05, 0) is 29.8 Å². The van der Waals surface area contributed by atoms with Crippen LogP contribution in [-0.2, 0) is 6.42 Å². The van der Waals surface area contributed by atoms with Crippen LogP contribution in [0.15, 0.2) is 34.8 Å². The lowest BCUT2D eigenvalue weighted by atomic mass is 10.1. The molecule has 2 rings (SSSR count). The molecule has 0 aliphatic heterocycles. The first kappa shape index (κ1) is 13.0. The Balaban J connectivity index is 2.15. The fourth-order valence-electron chi connectivity index (χ4n) is 1.50. The number of aliphatic hydroxyl groups is 1. The van der Waals surface area contributed by atoms with Gasteiger partial charge in [-0.25, -0.2) is 4.39 Å². The van der Waals surface area contributed by atoms with Gasteiger partial charge in [0.15, 0.2) is 0 Å². The molecule has 0 fully saturated rings. The van der Waals surface area contributed by atoms with Gasteiger partial charge in [-0.15, -0.1) is 11.3 Å². The van der Waals surface area contributed by atoms with Crippen molar-refractivity contribution in [2.24, 2.45) is 0 Å². The number of thiophene rings is 1. The lowest BCUT2D eigenvalue weighted by Crippen LogP contribution is -2.01. The van der Waals surface area contributed by atoms with Gasteiger partial charge in [-0.1, -0.05) is 33.6 Å². The van der Waals surface area contributed by atoms with Gasteiger partial charge in [0.2, 0.25) is 0 Å². The van der Waals surface area contributed by atoms with Crippen LogP contribution < -0.4 is 0 Å². The third-order valence-electron chi connectivity index (χ3n) is 2.35. The number of hydrogen-bond donors (Lipinski definition) is 1. The first-order chi connectivity index (χ1) is 8.06. The monoisotopic (exact) mass is 334 g/mol. The summed E-state index contributed by atoms with van der Waals surface area (Å²) in [7, 11) is 0. The van der Waals surface area contributed by atoms with Crippen molar-refractivity contribution in [1.29, 1.82) is 0 Å². The van der Waals surface area contributed by atoms with Gasteiger partial charge in [0.1, 0.15) is 5.82 Å². The molecule has 0 saturated carbocycles. The van der Waals surface area contributed by atoms with Gasteiger partial charge in [-0.3, -0.25) is 0 Å². The summed E-state index contributed by atoms with van der Waals surface area (Å²) in [5.41, 5.74) is 0.491. The predicted molar refractivity (Wildman–Crippen MR) is 72.1 cm³/mol. The van der Waals surface area contributed by atoms with Crippen molar-refractivity contribution in [3.8, 4) is 0 Å². The van der Waals surface area contributed by atoms with Crippen molar-refractivity contribution < 1.29 is 9.50 Å². The van der Waals surface area contributed by atoms with E-state index >= 15 is 0 Å². The summed E-state index contributed by atoms with van der Waals surface area (Å²) in [6, 6.07) is 8.30. The average molecular weight is 336 g/mol. The molecule has 0 saturated heterocycles. The van der Waals surface area contributed by atoms with E-state index in [2.05, 4.69) is 15.9 Å². The molecule has 0 radical (unpaired) electrons. The molecule has 1 atom stereocenters. The summed E-state index contributed by atoms with van der Waals surface area (Å²) in [4.78, 5) is 0.748. The minimum Gasteiger partial charge on any atom is -0.387 e.